The molecule has 134 valence electrons. The number of thiazole rings is 1. The number of amides is 1. The summed E-state index contributed by atoms with van der Waals surface area (Å²) in [6.45, 7) is 6.15. The highest BCUT2D eigenvalue weighted by molar-refractivity contribution is 7.13. The highest BCUT2D eigenvalue weighted by atomic mass is 32.1. The van der Waals surface area contributed by atoms with Crippen LogP contribution in [0.5, 0.6) is 5.75 Å². The number of hydrogen-bond acceptors (Lipinski definition) is 5. The predicted octanol–water partition coefficient (Wildman–Crippen LogP) is 3.41. The van der Waals surface area contributed by atoms with E-state index < -0.39 is 0 Å². The molecule has 1 fully saturated rings. The minimum absolute atomic E-state index is 0.0128. The quantitative estimate of drug-likeness (QED) is 0.888. The van der Waals surface area contributed by atoms with E-state index in [1.165, 1.54) is 11.3 Å². The summed E-state index contributed by atoms with van der Waals surface area (Å²) < 4.78 is 5.46. The molecule has 1 aliphatic heterocycles. The summed E-state index contributed by atoms with van der Waals surface area (Å²) in [6, 6.07) is 7.93. The Labute approximate surface area is 152 Å². The van der Waals surface area contributed by atoms with E-state index in [-0.39, 0.29) is 11.9 Å². The van der Waals surface area contributed by atoms with Gasteiger partial charge in [-0.2, -0.15) is 0 Å². The van der Waals surface area contributed by atoms with E-state index in [2.05, 4.69) is 4.98 Å². The van der Waals surface area contributed by atoms with Crippen LogP contribution in [-0.2, 0) is 0 Å². The first kappa shape index (κ1) is 17.9. The molecule has 1 aromatic carbocycles. The standard InChI is InChI=1S/C19H25N3O2S/c1-3-24-16-8-6-14(7-9-16)18-21-17(12-25-18)19(23)22-10-4-5-15(11-22)13(2)20/h6-9,12-13,15H,3-5,10-11,20H2,1-2H3. The number of carbonyl (C=O) groups excluding carboxylic acids is 1. The van der Waals surface area contributed by atoms with Gasteiger partial charge in [-0.15, -0.1) is 11.3 Å². The molecule has 2 heterocycles. The van der Waals surface area contributed by atoms with Gasteiger partial charge < -0.3 is 15.4 Å². The van der Waals surface area contributed by atoms with E-state index in [9.17, 15) is 4.79 Å². The predicted molar refractivity (Wildman–Crippen MR) is 101 cm³/mol. The largest absolute Gasteiger partial charge is 0.494 e. The average Bonchev–Trinajstić information content (AvgIpc) is 3.12. The van der Waals surface area contributed by atoms with Crippen LogP contribution in [0.3, 0.4) is 0 Å². The van der Waals surface area contributed by atoms with Gasteiger partial charge in [0.25, 0.3) is 5.91 Å². The lowest BCUT2D eigenvalue weighted by Crippen LogP contribution is -2.45. The zero-order valence-corrected chi connectivity index (χ0v) is 15.6. The number of rotatable bonds is 5. The zero-order chi connectivity index (χ0) is 17.8. The van der Waals surface area contributed by atoms with Gasteiger partial charge in [0.15, 0.2) is 0 Å². The third-order valence-corrected chi connectivity index (χ3v) is 5.52. The number of ether oxygens (including phenoxy) is 1. The molecule has 1 saturated heterocycles. The number of nitrogens with zero attached hydrogens (tertiary/aromatic N) is 2. The molecule has 2 unspecified atom stereocenters. The highest BCUT2D eigenvalue weighted by Gasteiger charge is 2.27. The number of nitrogens with two attached hydrogens (primary N) is 1. The molecule has 0 spiro atoms. The summed E-state index contributed by atoms with van der Waals surface area (Å²) in [4.78, 5) is 19.2. The Bertz CT molecular complexity index is 712. The molecule has 0 saturated carbocycles. The molecule has 1 amide bonds. The maximum atomic E-state index is 12.8. The van der Waals surface area contributed by atoms with Gasteiger partial charge in [0.05, 0.1) is 6.61 Å². The Morgan fingerprint density at radius 3 is 2.88 bits per heavy atom. The fourth-order valence-electron chi connectivity index (χ4n) is 3.15. The number of carbonyl (C=O) groups is 1. The van der Waals surface area contributed by atoms with Crippen LogP contribution in [0.1, 0.15) is 37.2 Å². The molecule has 5 nitrogen and oxygen atoms in total. The molecule has 2 N–H and O–H groups in total. The maximum Gasteiger partial charge on any atom is 0.273 e. The third kappa shape index (κ3) is 4.19. The van der Waals surface area contributed by atoms with Gasteiger partial charge in [0.1, 0.15) is 16.5 Å². The van der Waals surface area contributed by atoms with Crippen LogP contribution in [0, 0.1) is 5.92 Å². The van der Waals surface area contributed by atoms with Crippen molar-refractivity contribution in [2.24, 2.45) is 11.7 Å². The number of likely N-dealkylation sites (tertiary alicyclic amines) is 1. The Balaban J connectivity index is 1.71. The monoisotopic (exact) mass is 359 g/mol. The minimum Gasteiger partial charge on any atom is -0.494 e. The fraction of sp³-hybridized carbons (Fsp3) is 0.474. The topological polar surface area (TPSA) is 68.5 Å². The van der Waals surface area contributed by atoms with Gasteiger partial charge in [0.2, 0.25) is 0 Å². The summed E-state index contributed by atoms with van der Waals surface area (Å²) in [6.07, 6.45) is 2.10. The van der Waals surface area contributed by atoms with Gasteiger partial charge in [-0.25, -0.2) is 4.98 Å². The van der Waals surface area contributed by atoms with Gasteiger partial charge in [-0.05, 0) is 56.9 Å². The average molecular weight is 359 g/mol. The van der Waals surface area contributed by atoms with Crippen LogP contribution < -0.4 is 10.5 Å². The van der Waals surface area contributed by atoms with Crippen molar-refractivity contribution in [3.63, 3.8) is 0 Å². The number of benzene rings is 1. The first-order valence-electron chi connectivity index (χ1n) is 8.82. The Morgan fingerprint density at radius 2 is 2.20 bits per heavy atom. The molecule has 2 atom stereocenters. The zero-order valence-electron chi connectivity index (χ0n) is 14.8. The summed E-state index contributed by atoms with van der Waals surface area (Å²) in [5.41, 5.74) is 7.55. The van der Waals surface area contributed by atoms with Crippen LogP contribution in [0.4, 0.5) is 0 Å². The van der Waals surface area contributed by atoms with Crippen LogP contribution in [0.25, 0.3) is 10.6 Å². The summed E-state index contributed by atoms with van der Waals surface area (Å²) in [7, 11) is 0. The Morgan fingerprint density at radius 1 is 1.44 bits per heavy atom. The molecule has 0 bridgehead atoms. The van der Waals surface area contributed by atoms with Crippen molar-refractivity contribution in [2.45, 2.75) is 32.7 Å². The lowest BCUT2D eigenvalue weighted by atomic mass is 9.92. The van der Waals surface area contributed by atoms with Gasteiger partial charge in [-0.1, -0.05) is 0 Å². The first-order chi connectivity index (χ1) is 12.1. The summed E-state index contributed by atoms with van der Waals surface area (Å²) in [5.74, 6) is 1.23. The number of aromatic nitrogens is 1. The van der Waals surface area contributed by atoms with Crippen LogP contribution in [0.2, 0.25) is 0 Å². The van der Waals surface area contributed by atoms with E-state index in [0.29, 0.717) is 18.2 Å². The molecular formula is C19H25N3O2S. The Hall–Kier alpha value is -1.92. The normalized spacial score (nSPS) is 18.8. The van der Waals surface area contributed by atoms with Crippen molar-refractivity contribution in [1.82, 2.24) is 9.88 Å². The third-order valence-electron chi connectivity index (χ3n) is 4.62. The van der Waals surface area contributed by atoms with Crippen molar-refractivity contribution in [1.29, 1.82) is 0 Å². The van der Waals surface area contributed by atoms with Crippen LogP contribution in [0.15, 0.2) is 29.6 Å². The fourth-order valence-corrected chi connectivity index (χ4v) is 3.95. The van der Waals surface area contributed by atoms with Crippen LogP contribution >= 0.6 is 11.3 Å². The first-order valence-corrected chi connectivity index (χ1v) is 9.70. The van der Waals surface area contributed by atoms with E-state index >= 15 is 0 Å². The SMILES string of the molecule is CCOc1ccc(-c2nc(C(=O)N3CCCC(C(C)N)C3)cs2)cc1. The molecule has 3 rings (SSSR count). The van der Waals surface area contributed by atoms with Gasteiger partial charge in [0, 0.05) is 30.1 Å². The molecule has 1 aliphatic rings. The smallest absolute Gasteiger partial charge is 0.273 e. The van der Waals surface area contributed by atoms with E-state index in [4.69, 9.17) is 10.5 Å². The molecule has 25 heavy (non-hydrogen) atoms. The van der Waals surface area contributed by atoms with Crippen molar-refractivity contribution < 1.29 is 9.53 Å². The Kier molecular flexibility index (Phi) is 5.71. The molecular weight excluding hydrogens is 334 g/mol. The second-order valence-electron chi connectivity index (χ2n) is 6.51. The molecule has 6 heteroatoms. The van der Waals surface area contributed by atoms with Crippen molar-refractivity contribution in [2.75, 3.05) is 19.7 Å². The molecule has 2 aromatic rings. The van der Waals surface area contributed by atoms with E-state index in [0.717, 1.165) is 42.3 Å². The van der Waals surface area contributed by atoms with Crippen molar-refractivity contribution >= 4 is 17.2 Å². The van der Waals surface area contributed by atoms with Crippen molar-refractivity contribution in [3.8, 4) is 16.3 Å². The minimum atomic E-state index is 0.0128. The van der Waals surface area contributed by atoms with E-state index in [1.807, 2.05) is 48.4 Å². The second-order valence-corrected chi connectivity index (χ2v) is 7.37. The molecule has 0 aliphatic carbocycles. The lowest BCUT2D eigenvalue weighted by molar-refractivity contribution is 0.0656. The summed E-state index contributed by atoms with van der Waals surface area (Å²) >= 11 is 1.50. The number of hydrogen-bond donors (Lipinski definition) is 1. The molecule has 1 aromatic heterocycles. The molecule has 0 radical (unpaired) electrons. The van der Waals surface area contributed by atoms with Gasteiger partial charge in [-0.3, -0.25) is 4.79 Å². The van der Waals surface area contributed by atoms with Crippen molar-refractivity contribution in [3.05, 3.63) is 35.3 Å². The number of piperidine rings is 1. The summed E-state index contributed by atoms with van der Waals surface area (Å²) in [5, 5.41) is 2.70. The maximum absolute atomic E-state index is 12.8. The second kappa shape index (κ2) is 7.97. The highest BCUT2D eigenvalue weighted by Crippen LogP contribution is 2.27. The lowest BCUT2D eigenvalue weighted by Gasteiger charge is -2.34. The van der Waals surface area contributed by atoms with Crippen LogP contribution in [-0.4, -0.2) is 41.5 Å². The van der Waals surface area contributed by atoms with Gasteiger partial charge >= 0.3 is 0 Å². The van der Waals surface area contributed by atoms with E-state index in [1.54, 1.807) is 0 Å².